The molecule has 2 aromatic rings. The molecule has 1 aromatic carbocycles. The molecule has 3 fully saturated rings. The van der Waals surface area contributed by atoms with E-state index in [0.29, 0.717) is 28.6 Å². The monoisotopic (exact) mass is 282 g/mol. The van der Waals surface area contributed by atoms with Gasteiger partial charge in [0.15, 0.2) is 0 Å². The summed E-state index contributed by atoms with van der Waals surface area (Å²) in [6.45, 7) is 0. The summed E-state index contributed by atoms with van der Waals surface area (Å²) in [5, 5.41) is 4.02. The molecule has 21 heavy (non-hydrogen) atoms. The maximum Gasteiger partial charge on any atom is 0.260 e. The van der Waals surface area contributed by atoms with E-state index in [1.807, 2.05) is 6.07 Å². The number of aromatic amines is 1. The van der Waals surface area contributed by atoms with Crippen molar-refractivity contribution >= 4 is 22.5 Å². The minimum absolute atomic E-state index is 0.122. The van der Waals surface area contributed by atoms with Crippen molar-refractivity contribution in [1.82, 2.24) is 9.97 Å². The summed E-state index contributed by atoms with van der Waals surface area (Å²) in [7, 11) is 0. The standard InChI is InChI=1S/C16H18N4O/c17-9-3-4-11-10(6-9)15(21)20-16(18-11)19-14-12-7-1-2-8(5-7)13(12)14/h3-4,6-8,12-14H,1-2,5,17H2,(H2,18,19,20,21). The quantitative estimate of drug-likeness (QED) is 0.735. The zero-order chi connectivity index (χ0) is 14.1. The van der Waals surface area contributed by atoms with Gasteiger partial charge in [-0.25, -0.2) is 4.98 Å². The highest BCUT2D eigenvalue weighted by Gasteiger charge is 2.65. The van der Waals surface area contributed by atoms with Crippen LogP contribution in [0.4, 0.5) is 11.6 Å². The van der Waals surface area contributed by atoms with Crippen molar-refractivity contribution in [3.63, 3.8) is 0 Å². The lowest BCUT2D eigenvalue weighted by molar-refractivity contribution is 0.456. The maximum atomic E-state index is 12.2. The van der Waals surface area contributed by atoms with Gasteiger partial charge in [-0.15, -0.1) is 0 Å². The van der Waals surface area contributed by atoms with Crippen molar-refractivity contribution in [3.05, 3.63) is 28.6 Å². The molecule has 1 heterocycles. The molecule has 0 aliphatic heterocycles. The Balaban J connectivity index is 1.47. The number of nitrogens with one attached hydrogen (secondary N) is 2. The second-order valence-corrected chi connectivity index (χ2v) is 6.85. The molecule has 2 bridgehead atoms. The molecule has 5 nitrogen and oxygen atoms in total. The number of rotatable bonds is 2. The van der Waals surface area contributed by atoms with Gasteiger partial charge < -0.3 is 11.1 Å². The van der Waals surface area contributed by atoms with E-state index in [1.165, 1.54) is 19.3 Å². The van der Waals surface area contributed by atoms with Crippen molar-refractivity contribution in [3.8, 4) is 0 Å². The van der Waals surface area contributed by atoms with Crippen molar-refractivity contribution in [2.75, 3.05) is 11.1 Å². The average molecular weight is 282 g/mol. The van der Waals surface area contributed by atoms with Crippen LogP contribution in [-0.4, -0.2) is 16.0 Å². The first-order chi connectivity index (χ1) is 10.2. The fraction of sp³-hybridized carbons (Fsp3) is 0.500. The average Bonchev–Trinajstić information content (AvgIpc) is 2.85. The predicted octanol–water partition coefficient (Wildman–Crippen LogP) is 1.96. The summed E-state index contributed by atoms with van der Waals surface area (Å²) in [6.07, 6.45) is 4.21. The van der Waals surface area contributed by atoms with Gasteiger partial charge in [-0.3, -0.25) is 9.78 Å². The number of nitrogens with zero attached hydrogens (tertiary/aromatic N) is 1. The Kier molecular flexibility index (Phi) is 2.09. The smallest absolute Gasteiger partial charge is 0.260 e. The van der Waals surface area contributed by atoms with Crippen LogP contribution in [0.2, 0.25) is 0 Å². The van der Waals surface area contributed by atoms with Crippen LogP contribution < -0.4 is 16.6 Å². The van der Waals surface area contributed by atoms with Crippen LogP contribution in [0.25, 0.3) is 10.9 Å². The molecule has 0 saturated heterocycles. The summed E-state index contributed by atoms with van der Waals surface area (Å²) in [5.74, 6) is 4.05. The van der Waals surface area contributed by atoms with Crippen LogP contribution in [0.1, 0.15) is 19.3 Å². The van der Waals surface area contributed by atoms with Crippen LogP contribution in [0, 0.1) is 23.7 Å². The van der Waals surface area contributed by atoms with E-state index in [1.54, 1.807) is 12.1 Å². The van der Waals surface area contributed by atoms with Crippen molar-refractivity contribution < 1.29 is 0 Å². The van der Waals surface area contributed by atoms with Gasteiger partial charge in [0.25, 0.3) is 5.56 Å². The number of benzene rings is 1. The molecule has 4 atom stereocenters. The summed E-state index contributed by atoms with van der Waals surface area (Å²) in [5.41, 5.74) is 6.89. The van der Waals surface area contributed by atoms with E-state index in [0.717, 1.165) is 23.7 Å². The number of nitrogens with two attached hydrogens (primary N) is 1. The van der Waals surface area contributed by atoms with E-state index in [4.69, 9.17) is 5.73 Å². The fourth-order valence-corrected chi connectivity index (χ4v) is 4.90. The van der Waals surface area contributed by atoms with Crippen LogP contribution in [0.3, 0.4) is 0 Å². The Morgan fingerprint density at radius 2 is 2.00 bits per heavy atom. The van der Waals surface area contributed by atoms with E-state index < -0.39 is 0 Å². The van der Waals surface area contributed by atoms with Crippen LogP contribution in [-0.2, 0) is 0 Å². The second-order valence-electron chi connectivity index (χ2n) is 6.85. The van der Waals surface area contributed by atoms with Crippen LogP contribution >= 0.6 is 0 Å². The molecular formula is C16H18N4O. The lowest BCUT2D eigenvalue weighted by atomic mass is 10.0. The largest absolute Gasteiger partial charge is 0.399 e. The van der Waals surface area contributed by atoms with Gasteiger partial charge in [0.05, 0.1) is 10.9 Å². The van der Waals surface area contributed by atoms with Crippen molar-refractivity contribution in [2.45, 2.75) is 25.3 Å². The molecular weight excluding hydrogens is 264 g/mol. The van der Waals surface area contributed by atoms with Crippen LogP contribution in [0.5, 0.6) is 0 Å². The molecule has 4 unspecified atom stereocenters. The number of nitrogen functional groups attached to an aromatic ring is 1. The van der Waals surface area contributed by atoms with Gasteiger partial charge >= 0.3 is 0 Å². The Labute approximate surface area is 122 Å². The SMILES string of the molecule is Nc1ccc2nc(NC3C4C5CCC(C5)C34)[nH]c(=O)c2c1. The molecule has 0 radical (unpaired) electrons. The highest BCUT2D eigenvalue weighted by Crippen LogP contribution is 2.66. The van der Waals surface area contributed by atoms with Crippen molar-refractivity contribution in [2.24, 2.45) is 23.7 Å². The molecule has 5 rings (SSSR count). The molecule has 3 saturated carbocycles. The Hall–Kier alpha value is -2.04. The molecule has 5 heteroatoms. The number of H-pyrrole nitrogens is 1. The third-order valence-electron chi connectivity index (χ3n) is 5.77. The molecule has 1 aromatic heterocycles. The molecule has 3 aliphatic rings. The minimum atomic E-state index is -0.122. The van der Waals surface area contributed by atoms with E-state index in [2.05, 4.69) is 15.3 Å². The second kappa shape index (κ2) is 3.78. The molecule has 3 aliphatic carbocycles. The first-order valence-electron chi connectivity index (χ1n) is 7.77. The molecule has 4 N–H and O–H groups in total. The first kappa shape index (κ1) is 11.6. The maximum absolute atomic E-state index is 12.2. The van der Waals surface area contributed by atoms with E-state index in [-0.39, 0.29) is 5.56 Å². The van der Waals surface area contributed by atoms with Gasteiger partial charge in [0.2, 0.25) is 5.95 Å². The van der Waals surface area contributed by atoms with Gasteiger partial charge in [-0.05, 0) is 61.1 Å². The third-order valence-corrected chi connectivity index (χ3v) is 5.77. The van der Waals surface area contributed by atoms with Crippen molar-refractivity contribution in [1.29, 1.82) is 0 Å². The topological polar surface area (TPSA) is 83.8 Å². The zero-order valence-corrected chi connectivity index (χ0v) is 11.7. The summed E-state index contributed by atoms with van der Waals surface area (Å²) in [4.78, 5) is 19.5. The highest BCUT2D eigenvalue weighted by molar-refractivity contribution is 5.81. The van der Waals surface area contributed by atoms with Crippen LogP contribution in [0.15, 0.2) is 23.0 Å². The number of hydrogen-bond donors (Lipinski definition) is 3. The summed E-state index contributed by atoms with van der Waals surface area (Å²) < 4.78 is 0. The molecule has 108 valence electrons. The van der Waals surface area contributed by atoms with E-state index in [9.17, 15) is 4.79 Å². The van der Waals surface area contributed by atoms with Gasteiger partial charge in [0.1, 0.15) is 0 Å². The number of hydrogen-bond acceptors (Lipinski definition) is 4. The molecule has 0 amide bonds. The minimum Gasteiger partial charge on any atom is -0.399 e. The summed E-state index contributed by atoms with van der Waals surface area (Å²) >= 11 is 0. The first-order valence-corrected chi connectivity index (χ1v) is 7.77. The predicted molar refractivity (Wildman–Crippen MR) is 82.0 cm³/mol. The van der Waals surface area contributed by atoms with Gasteiger partial charge in [-0.2, -0.15) is 0 Å². The highest BCUT2D eigenvalue weighted by atomic mass is 16.1. The molecule has 0 spiro atoms. The summed E-state index contributed by atoms with van der Waals surface area (Å²) in [6, 6.07) is 5.79. The lowest BCUT2D eigenvalue weighted by Crippen LogP contribution is -2.18. The van der Waals surface area contributed by atoms with Gasteiger partial charge in [0, 0.05) is 11.7 Å². The number of aromatic nitrogens is 2. The number of fused-ring (bicyclic) bond motifs is 6. The van der Waals surface area contributed by atoms with Gasteiger partial charge in [-0.1, -0.05) is 0 Å². The number of anilines is 2. The Bertz CT molecular complexity index is 782. The Morgan fingerprint density at radius 3 is 2.76 bits per heavy atom. The van der Waals surface area contributed by atoms with E-state index >= 15 is 0 Å². The third kappa shape index (κ3) is 1.57. The normalized spacial score (nSPS) is 35.9. The lowest BCUT2D eigenvalue weighted by Gasteiger charge is -2.11. The fourth-order valence-electron chi connectivity index (χ4n) is 4.90. The zero-order valence-electron chi connectivity index (χ0n) is 11.7. The Morgan fingerprint density at radius 1 is 1.24 bits per heavy atom.